The molecule has 1 aromatic heterocycles. The number of halogens is 4. The largest absolute Gasteiger partial charge is 0.573 e. The molecule has 9 heteroatoms. The molecule has 0 atom stereocenters. The molecule has 0 radical (unpaired) electrons. The van der Waals surface area contributed by atoms with E-state index in [1.165, 1.54) is 24.3 Å². The second kappa shape index (κ2) is 9.30. The van der Waals surface area contributed by atoms with Gasteiger partial charge in [0.2, 0.25) is 0 Å². The van der Waals surface area contributed by atoms with Crippen molar-refractivity contribution in [2.75, 3.05) is 39.5 Å². The third kappa shape index (κ3) is 5.58. The fourth-order valence-electron chi connectivity index (χ4n) is 3.38. The van der Waals surface area contributed by atoms with Gasteiger partial charge in [0, 0.05) is 30.6 Å². The minimum Gasteiger partial charge on any atom is -0.492 e. The average molecular weight is 453 g/mol. The highest BCUT2D eigenvalue weighted by atomic mass is 35.5. The summed E-state index contributed by atoms with van der Waals surface area (Å²) in [6, 6.07) is 12.7. The number of aromatic nitrogens is 1. The number of morpholine rings is 1. The summed E-state index contributed by atoms with van der Waals surface area (Å²) in [5.74, 6) is 0.395. The molecule has 1 fully saturated rings. The smallest absolute Gasteiger partial charge is 0.492 e. The molecule has 31 heavy (non-hydrogen) atoms. The van der Waals surface area contributed by atoms with Crippen LogP contribution in [0.1, 0.15) is 0 Å². The fourth-order valence-corrected chi connectivity index (χ4v) is 3.59. The zero-order valence-corrected chi connectivity index (χ0v) is 17.2. The van der Waals surface area contributed by atoms with Crippen molar-refractivity contribution >= 4 is 22.5 Å². The molecule has 1 aliphatic heterocycles. The van der Waals surface area contributed by atoms with Crippen LogP contribution in [0.15, 0.2) is 48.5 Å². The molecule has 5 nitrogen and oxygen atoms in total. The first-order chi connectivity index (χ1) is 14.9. The van der Waals surface area contributed by atoms with Gasteiger partial charge in [0.15, 0.2) is 0 Å². The second-order valence-corrected chi connectivity index (χ2v) is 7.42. The molecule has 0 spiro atoms. The number of nitrogens with zero attached hydrogens (tertiary/aromatic N) is 2. The Bertz CT molecular complexity index is 1040. The van der Waals surface area contributed by atoms with Gasteiger partial charge >= 0.3 is 6.36 Å². The molecule has 0 aliphatic carbocycles. The molecule has 0 unspecified atom stereocenters. The van der Waals surface area contributed by atoms with E-state index in [0.717, 1.165) is 38.2 Å². The van der Waals surface area contributed by atoms with Crippen molar-refractivity contribution in [3.05, 3.63) is 53.6 Å². The van der Waals surface area contributed by atoms with Gasteiger partial charge < -0.3 is 14.2 Å². The fraction of sp³-hybridized carbons (Fsp3) is 0.318. The molecular weight excluding hydrogens is 433 g/mol. The van der Waals surface area contributed by atoms with E-state index in [1.807, 2.05) is 12.1 Å². The molecule has 1 aliphatic rings. The Labute approximate surface area is 182 Å². The van der Waals surface area contributed by atoms with E-state index in [4.69, 9.17) is 21.1 Å². The highest BCUT2D eigenvalue weighted by Crippen LogP contribution is 2.33. The third-order valence-electron chi connectivity index (χ3n) is 4.92. The van der Waals surface area contributed by atoms with Crippen molar-refractivity contribution in [2.45, 2.75) is 6.36 Å². The summed E-state index contributed by atoms with van der Waals surface area (Å²) < 4.78 is 52.3. The van der Waals surface area contributed by atoms with Gasteiger partial charge in [0.05, 0.1) is 29.4 Å². The predicted molar refractivity (Wildman–Crippen MR) is 112 cm³/mol. The van der Waals surface area contributed by atoms with Crippen LogP contribution in [0.25, 0.3) is 22.2 Å². The van der Waals surface area contributed by atoms with Gasteiger partial charge in [0.25, 0.3) is 0 Å². The summed E-state index contributed by atoms with van der Waals surface area (Å²) in [6.45, 7) is 4.58. The molecular formula is C22H20ClF3N2O3. The quantitative estimate of drug-likeness (QED) is 0.516. The maximum Gasteiger partial charge on any atom is 0.573 e. The Morgan fingerprint density at radius 3 is 2.45 bits per heavy atom. The van der Waals surface area contributed by atoms with Crippen molar-refractivity contribution in [1.29, 1.82) is 0 Å². The van der Waals surface area contributed by atoms with Crippen molar-refractivity contribution in [3.8, 4) is 22.8 Å². The van der Waals surface area contributed by atoms with E-state index in [1.54, 1.807) is 12.1 Å². The Hall–Kier alpha value is -2.55. The number of rotatable bonds is 6. The summed E-state index contributed by atoms with van der Waals surface area (Å²) in [4.78, 5) is 6.89. The van der Waals surface area contributed by atoms with Gasteiger partial charge in [-0.25, -0.2) is 4.98 Å². The van der Waals surface area contributed by atoms with Crippen LogP contribution in [0.2, 0.25) is 5.02 Å². The van der Waals surface area contributed by atoms with E-state index in [9.17, 15) is 13.2 Å². The minimum absolute atomic E-state index is 0.286. The van der Waals surface area contributed by atoms with Gasteiger partial charge in [-0.15, -0.1) is 13.2 Å². The van der Waals surface area contributed by atoms with E-state index in [0.29, 0.717) is 34.2 Å². The first-order valence-corrected chi connectivity index (χ1v) is 10.2. The molecule has 0 saturated carbocycles. The Morgan fingerprint density at radius 1 is 1.00 bits per heavy atom. The lowest BCUT2D eigenvalue weighted by atomic mass is 10.1. The van der Waals surface area contributed by atoms with E-state index in [2.05, 4.69) is 14.6 Å². The van der Waals surface area contributed by atoms with Gasteiger partial charge in [-0.3, -0.25) is 4.90 Å². The zero-order chi connectivity index (χ0) is 21.8. The summed E-state index contributed by atoms with van der Waals surface area (Å²) in [5, 5.41) is 1.24. The predicted octanol–water partition coefficient (Wildman–Crippen LogP) is 5.16. The minimum atomic E-state index is -4.73. The Kier molecular flexibility index (Phi) is 6.50. The average Bonchev–Trinajstić information content (AvgIpc) is 2.75. The molecule has 2 aromatic carbocycles. The van der Waals surface area contributed by atoms with Crippen molar-refractivity contribution in [3.63, 3.8) is 0 Å². The lowest BCUT2D eigenvalue weighted by molar-refractivity contribution is -0.274. The van der Waals surface area contributed by atoms with Crippen LogP contribution in [-0.4, -0.2) is 55.7 Å². The number of hydrogen-bond acceptors (Lipinski definition) is 5. The molecule has 4 rings (SSSR count). The van der Waals surface area contributed by atoms with Crippen LogP contribution in [0.5, 0.6) is 11.5 Å². The van der Waals surface area contributed by atoms with Crippen molar-refractivity contribution < 1.29 is 27.4 Å². The van der Waals surface area contributed by atoms with E-state index in [-0.39, 0.29) is 5.75 Å². The molecule has 1 saturated heterocycles. The SMILES string of the molecule is FC(F)(F)Oc1ccc(-c2ccc3c(OCCN4CCOCC4)ccc(Cl)c3n2)cc1. The normalized spacial score (nSPS) is 15.2. The first-order valence-electron chi connectivity index (χ1n) is 9.77. The Balaban J connectivity index is 1.51. The van der Waals surface area contributed by atoms with Gasteiger partial charge in [-0.2, -0.15) is 0 Å². The number of alkyl halides is 3. The lowest BCUT2D eigenvalue weighted by Gasteiger charge is -2.26. The topological polar surface area (TPSA) is 43.8 Å². The van der Waals surface area contributed by atoms with Crippen LogP contribution in [0, 0.1) is 0 Å². The number of hydrogen-bond donors (Lipinski definition) is 0. The maximum atomic E-state index is 12.3. The van der Waals surface area contributed by atoms with Crippen LogP contribution >= 0.6 is 11.6 Å². The first kappa shape index (κ1) is 21.7. The lowest BCUT2D eigenvalue weighted by Crippen LogP contribution is -2.38. The third-order valence-corrected chi connectivity index (χ3v) is 5.23. The van der Waals surface area contributed by atoms with E-state index < -0.39 is 6.36 Å². The summed E-state index contributed by atoms with van der Waals surface area (Å²) in [6.07, 6.45) is -4.73. The highest BCUT2D eigenvalue weighted by molar-refractivity contribution is 6.35. The monoisotopic (exact) mass is 452 g/mol. The van der Waals surface area contributed by atoms with Crippen LogP contribution in [0.4, 0.5) is 13.2 Å². The standard InChI is InChI=1S/C22H20ClF3N2O3/c23-18-6-8-20(30-14-11-28-9-12-29-13-10-28)17-5-7-19(27-21(17)18)15-1-3-16(4-2-15)31-22(24,25)26/h1-8H,9-14H2. The molecule has 0 bridgehead atoms. The van der Waals surface area contributed by atoms with Gasteiger partial charge in [-0.1, -0.05) is 11.6 Å². The maximum absolute atomic E-state index is 12.3. The molecule has 164 valence electrons. The number of benzene rings is 2. The zero-order valence-electron chi connectivity index (χ0n) is 16.5. The van der Waals surface area contributed by atoms with Crippen molar-refractivity contribution in [1.82, 2.24) is 9.88 Å². The van der Waals surface area contributed by atoms with Crippen LogP contribution < -0.4 is 9.47 Å². The number of pyridine rings is 1. The molecule has 3 aromatic rings. The van der Waals surface area contributed by atoms with Gasteiger partial charge in [0.1, 0.15) is 18.1 Å². The molecule has 0 N–H and O–H groups in total. The number of ether oxygens (including phenoxy) is 3. The van der Waals surface area contributed by atoms with Crippen molar-refractivity contribution in [2.24, 2.45) is 0 Å². The van der Waals surface area contributed by atoms with Crippen LogP contribution in [0.3, 0.4) is 0 Å². The summed E-state index contributed by atoms with van der Waals surface area (Å²) in [7, 11) is 0. The molecule has 0 amide bonds. The van der Waals surface area contributed by atoms with Gasteiger partial charge in [-0.05, 0) is 48.5 Å². The highest BCUT2D eigenvalue weighted by Gasteiger charge is 2.31. The number of fused-ring (bicyclic) bond motifs is 1. The van der Waals surface area contributed by atoms with Crippen LogP contribution in [-0.2, 0) is 4.74 Å². The summed E-state index contributed by atoms with van der Waals surface area (Å²) in [5.41, 5.74) is 1.79. The van der Waals surface area contributed by atoms with E-state index >= 15 is 0 Å². The Morgan fingerprint density at radius 2 is 1.74 bits per heavy atom. The molecule has 2 heterocycles. The summed E-state index contributed by atoms with van der Waals surface area (Å²) >= 11 is 6.36. The second-order valence-electron chi connectivity index (χ2n) is 7.01.